The van der Waals surface area contributed by atoms with Crippen LogP contribution in [0, 0.1) is 6.92 Å². The molecule has 1 aromatic carbocycles. The highest BCUT2D eigenvalue weighted by molar-refractivity contribution is 5.83. The van der Waals surface area contributed by atoms with Crippen molar-refractivity contribution in [2.24, 2.45) is 0 Å². The van der Waals surface area contributed by atoms with Crippen molar-refractivity contribution >= 4 is 16.9 Å². The highest BCUT2D eigenvalue weighted by Crippen LogP contribution is 2.25. The van der Waals surface area contributed by atoms with E-state index in [-0.39, 0.29) is 17.5 Å². The molecule has 1 aromatic heterocycles. The van der Waals surface area contributed by atoms with Crippen LogP contribution in [0.25, 0.3) is 11.0 Å². The van der Waals surface area contributed by atoms with Crippen LogP contribution in [-0.4, -0.2) is 17.5 Å². The molecule has 0 saturated heterocycles. The molecule has 4 heteroatoms. The first-order valence-electron chi connectivity index (χ1n) is 7.30. The Hall–Kier alpha value is -1.81. The lowest BCUT2D eigenvalue weighted by molar-refractivity contribution is -0.124. The lowest BCUT2D eigenvalue weighted by Crippen LogP contribution is -2.49. The molecule has 0 saturated carbocycles. The van der Waals surface area contributed by atoms with Crippen molar-refractivity contribution in [3.63, 3.8) is 0 Å². The van der Waals surface area contributed by atoms with Gasteiger partial charge in [0.2, 0.25) is 5.91 Å². The van der Waals surface area contributed by atoms with Gasteiger partial charge in [-0.05, 0) is 40.7 Å². The summed E-state index contributed by atoms with van der Waals surface area (Å²) in [7, 11) is 0. The van der Waals surface area contributed by atoms with Gasteiger partial charge in [-0.3, -0.25) is 4.79 Å². The minimum atomic E-state index is -0.253. The molecular weight excluding hydrogens is 264 g/mol. The van der Waals surface area contributed by atoms with Crippen LogP contribution in [0.4, 0.5) is 0 Å². The first-order chi connectivity index (χ1) is 9.78. The summed E-state index contributed by atoms with van der Waals surface area (Å²) >= 11 is 0. The minimum Gasteiger partial charge on any atom is -0.461 e. The molecule has 0 aliphatic heterocycles. The van der Waals surface area contributed by atoms with Crippen molar-refractivity contribution in [2.75, 3.05) is 0 Å². The van der Waals surface area contributed by atoms with Crippen molar-refractivity contribution in [2.45, 2.75) is 52.7 Å². The average Bonchev–Trinajstić information content (AvgIpc) is 2.69. The van der Waals surface area contributed by atoms with Crippen LogP contribution in [0.5, 0.6) is 0 Å². The first kappa shape index (κ1) is 15.6. The number of benzene rings is 1. The Kier molecular flexibility index (Phi) is 4.37. The molecule has 4 nitrogen and oxygen atoms in total. The van der Waals surface area contributed by atoms with E-state index >= 15 is 0 Å². The van der Waals surface area contributed by atoms with Crippen molar-refractivity contribution in [1.82, 2.24) is 10.6 Å². The molecule has 1 heterocycles. The second-order valence-corrected chi connectivity index (χ2v) is 6.47. The SMILES string of the molecule is Cc1oc2ccccc2c1CNC(C)C(=O)NC(C)(C)C. The van der Waals surface area contributed by atoms with Gasteiger partial charge in [-0.1, -0.05) is 18.2 Å². The smallest absolute Gasteiger partial charge is 0.237 e. The quantitative estimate of drug-likeness (QED) is 0.908. The summed E-state index contributed by atoms with van der Waals surface area (Å²) < 4.78 is 5.73. The van der Waals surface area contributed by atoms with E-state index in [1.165, 1.54) is 0 Å². The Morgan fingerprint density at radius 3 is 2.62 bits per heavy atom. The van der Waals surface area contributed by atoms with Gasteiger partial charge in [0.1, 0.15) is 11.3 Å². The monoisotopic (exact) mass is 288 g/mol. The van der Waals surface area contributed by atoms with E-state index in [9.17, 15) is 4.79 Å². The average molecular weight is 288 g/mol. The van der Waals surface area contributed by atoms with E-state index < -0.39 is 0 Å². The van der Waals surface area contributed by atoms with Gasteiger partial charge >= 0.3 is 0 Å². The highest BCUT2D eigenvalue weighted by Gasteiger charge is 2.19. The van der Waals surface area contributed by atoms with E-state index in [1.54, 1.807) is 0 Å². The molecule has 1 atom stereocenters. The number of carbonyl (C=O) groups is 1. The zero-order valence-electron chi connectivity index (χ0n) is 13.4. The van der Waals surface area contributed by atoms with Gasteiger partial charge < -0.3 is 15.1 Å². The number of aryl methyl sites for hydroxylation is 1. The number of rotatable bonds is 4. The third-order valence-electron chi connectivity index (χ3n) is 3.38. The van der Waals surface area contributed by atoms with Crippen molar-refractivity contribution in [3.8, 4) is 0 Å². The standard InChI is InChI=1S/C17H24N2O2/c1-11(16(20)19-17(3,4)5)18-10-14-12(2)21-15-9-7-6-8-13(14)15/h6-9,11,18H,10H2,1-5H3,(H,19,20). The summed E-state index contributed by atoms with van der Waals surface area (Å²) in [5.41, 5.74) is 1.78. The van der Waals surface area contributed by atoms with E-state index in [0.717, 1.165) is 22.3 Å². The molecule has 1 unspecified atom stereocenters. The van der Waals surface area contributed by atoms with Gasteiger partial charge in [0.05, 0.1) is 6.04 Å². The summed E-state index contributed by atoms with van der Waals surface area (Å²) in [6.07, 6.45) is 0. The largest absolute Gasteiger partial charge is 0.461 e. The fraction of sp³-hybridized carbons (Fsp3) is 0.471. The fourth-order valence-corrected chi connectivity index (χ4v) is 2.27. The topological polar surface area (TPSA) is 54.3 Å². The molecule has 0 aliphatic rings. The highest BCUT2D eigenvalue weighted by atomic mass is 16.3. The summed E-state index contributed by atoms with van der Waals surface area (Å²) in [5, 5.41) is 7.35. The molecule has 2 N–H and O–H groups in total. The third kappa shape index (κ3) is 3.85. The van der Waals surface area contributed by atoms with Crippen molar-refractivity contribution < 1.29 is 9.21 Å². The van der Waals surface area contributed by atoms with Crippen molar-refractivity contribution in [3.05, 3.63) is 35.6 Å². The Morgan fingerprint density at radius 1 is 1.29 bits per heavy atom. The lowest BCUT2D eigenvalue weighted by Gasteiger charge is -2.23. The second-order valence-electron chi connectivity index (χ2n) is 6.47. The van der Waals surface area contributed by atoms with Gasteiger partial charge in [-0.2, -0.15) is 0 Å². The van der Waals surface area contributed by atoms with Gasteiger partial charge in [0.15, 0.2) is 0 Å². The number of nitrogens with one attached hydrogen (secondary N) is 2. The van der Waals surface area contributed by atoms with E-state index in [1.807, 2.05) is 58.9 Å². The number of fused-ring (bicyclic) bond motifs is 1. The second kappa shape index (κ2) is 5.90. The Morgan fingerprint density at radius 2 is 1.95 bits per heavy atom. The van der Waals surface area contributed by atoms with Crippen LogP contribution in [0.15, 0.2) is 28.7 Å². The molecule has 2 rings (SSSR count). The number of carbonyl (C=O) groups excluding carboxylic acids is 1. The molecule has 0 spiro atoms. The maximum absolute atomic E-state index is 12.1. The maximum Gasteiger partial charge on any atom is 0.237 e. The molecule has 2 aromatic rings. The molecule has 1 amide bonds. The third-order valence-corrected chi connectivity index (χ3v) is 3.38. The lowest BCUT2D eigenvalue weighted by atomic mass is 10.1. The Labute approximate surface area is 125 Å². The van der Waals surface area contributed by atoms with E-state index in [0.29, 0.717) is 6.54 Å². The summed E-state index contributed by atoms with van der Waals surface area (Å²) in [4.78, 5) is 12.1. The number of amides is 1. The molecule has 21 heavy (non-hydrogen) atoms. The molecular formula is C17H24N2O2. The van der Waals surface area contributed by atoms with E-state index in [4.69, 9.17) is 4.42 Å². The zero-order chi connectivity index (χ0) is 15.6. The minimum absolute atomic E-state index is 0.00736. The zero-order valence-corrected chi connectivity index (χ0v) is 13.4. The molecule has 0 aliphatic carbocycles. The summed E-state index contributed by atoms with van der Waals surface area (Å²) in [5.74, 6) is 0.903. The molecule has 0 fully saturated rings. The van der Waals surface area contributed by atoms with Crippen molar-refractivity contribution in [1.29, 1.82) is 0 Å². The first-order valence-corrected chi connectivity index (χ1v) is 7.30. The maximum atomic E-state index is 12.1. The Balaban J connectivity index is 2.05. The van der Waals surface area contributed by atoms with Crippen LogP contribution >= 0.6 is 0 Å². The summed E-state index contributed by atoms with van der Waals surface area (Å²) in [6.45, 7) is 10.4. The van der Waals surface area contributed by atoms with Gasteiger partial charge in [-0.25, -0.2) is 0 Å². The predicted octanol–water partition coefficient (Wildman–Crippen LogP) is 3.13. The number of para-hydroxylation sites is 1. The van der Waals surface area contributed by atoms with Crippen LogP contribution in [-0.2, 0) is 11.3 Å². The molecule has 0 radical (unpaired) electrons. The van der Waals surface area contributed by atoms with Gasteiger partial charge in [0, 0.05) is 23.0 Å². The molecule has 114 valence electrons. The van der Waals surface area contributed by atoms with Crippen LogP contribution < -0.4 is 10.6 Å². The number of furan rings is 1. The van der Waals surface area contributed by atoms with Crippen LogP contribution in [0.1, 0.15) is 39.0 Å². The molecule has 0 bridgehead atoms. The van der Waals surface area contributed by atoms with Gasteiger partial charge in [-0.15, -0.1) is 0 Å². The summed E-state index contributed by atoms with van der Waals surface area (Å²) in [6, 6.07) is 7.71. The predicted molar refractivity (Wildman–Crippen MR) is 85.1 cm³/mol. The van der Waals surface area contributed by atoms with Crippen LogP contribution in [0.2, 0.25) is 0 Å². The Bertz CT molecular complexity index is 638. The number of hydrogen-bond acceptors (Lipinski definition) is 3. The normalized spacial score (nSPS) is 13.4. The number of hydrogen-bond donors (Lipinski definition) is 2. The van der Waals surface area contributed by atoms with E-state index in [2.05, 4.69) is 10.6 Å². The fourth-order valence-electron chi connectivity index (χ4n) is 2.27. The van der Waals surface area contributed by atoms with Gasteiger partial charge in [0.25, 0.3) is 0 Å². The van der Waals surface area contributed by atoms with Crippen LogP contribution in [0.3, 0.4) is 0 Å².